The molecule has 0 saturated heterocycles. The largest absolute Gasteiger partial charge is 0.454 e. The smallest absolute Gasteiger partial charge is 0.306 e. The molecule has 0 bridgehead atoms. The summed E-state index contributed by atoms with van der Waals surface area (Å²) in [5.74, 6) is -2.18. The molecular formula is C21H37NO5. The van der Waals surface area contributed by atoms with Crippen molar-refractivity contribution < 1.29 is 24.2 Å². The molecule has 1 aliphatic carbocycles. The molecule has 0 heterocycles. The van der Waals surface area contributed by atoms with E-state index in [1.54, 1.807) is 0 Å². The lowest BCUT2D eigenvalue weighted by Crippen LogP contribution is -2.34. The zero-order valence-corrected chi connectivity index (χ0v) is 17.0. The number of hydrogen-bond acceptors (Lipinski definition) is 5. The van der Waals surface area contributed by atoms with E-state index in [0.717, 1.165) is 44.9 Å². The van der Waals surface area contributed by atoms with Gasteiger partial charge in [-0.1, -0.05) is 52.4 Å². The van der Waals surface area contributed by atoms with Crippen LogP contribution in [-0.4, -0.2) is 35.0 Å². The number of amides is 1. The first-order chi connectivity index (χ1) is 12.9. The molecule has 0 aromatic rings. The van der Waals surface area contributed by atoms with Crippen molar-refractivity contribution in [3.8, 4) is 0 Å². The van der Waals surface area contributed by atoms with Crippen LogP contribution in [-0.2, 0) is 19.1 Å². The highest BCUT2D eigenvalue weighted by atomic mass is 16.5. The number of ketones is 1. The predicted octanol–water partition coefficient (Wildman–Crippen LogP) is 3.28. The molecule has 1 rings (SSSR count). The molecule has 156 valence electrons. The highest BCUT2D eigenvalue weighted by molar-refractivity contribution is 5.94. The van der Waals surface area contributed by atoms with Gasteiger partial charge in [-0.05, 0) is 25.7 Å². The summed E-state index contributed by atoms with van der Waals surface area (Å²) in [6.07, 6.45) is 7.56. The van der Waals surface area contributed by atoms with Crippen LogP contribution in [0.2, 0.25) is 0 Å². The van der Waals surface area contributed by atoms with Gasteiger partial charge in [0.25, 0.3) is 0 Å². The first-order valence-corrected chi connectivity index (χ1v) is 10.6. The summed E-state index contributed by atoms with van der Waals surface area (Å²) >= 11 is 0. The third kappa shape index (κ3) is 8.41. The van der Waals surface area contributed by atoms with Crippen LogP contribution >= 0.6 is 0 Å². The maximum Gasteiger partial charge on any atom is 0.306 e. The Balaban J connectivity index is 2.59. The molecule has 1 amide bonds. The van der Waals surface area contributed by atoms with Gasteiger partial charge in [0.05, 0.1) is 12.0 Å². The molecule has 0 aromatic carbocycles. The Hall–Kier alpha value is -1.43. The number of carbonyl (C=O) groups is 3. The van der Waals surface area contributed by atoms with E-state index < -0.39 is 30.0 Å². The fourth-order valence-corrected chi connectivity index (χ4v) is 3.81. The van der Waals surface area contributed by atoms with Crippen LogP contribution in [0.1, 0.15) is 90.9 Å². The lowest BCUT2D eigenvalue weighted by molar-refractivity contribution is -0.156. The molecule has 6 nitrogen and oxygen atoms in total. The minimum Gasteiger partial charge on any atom is -0.454 e. The zero-order chi connectivity index (χ0) is 20.2. The van der Waals surface area contributed by atoms with Crippen molar-refractivity contribution in [3.63, 3.8) is 0 Å². The summed E-state index contributed by atoms with van der Waals surface area (Å²) < 4.78 is 5.45. The van der Waals surface area contributed by atoms with E-state index in [1.165, 1.54) is 0 Å². The highest BCUT2D eigenvalue weighted by Gasteiger charge is 2.47. The van der Waals surface area contributed by atoms with Crippen molar-refractivity contribution in [1.29, 1.82) is 0 Å². The molecule has 0 aliphatic heterocycles. The first-order valence-electron chi connectivity index (χ1n) is 10.6. The molecule has 1 aliphatic rings. The number of esters is 1. The summed E-state index contributed by atoms with van der Waals surface area (Å²) in [6, 6.07) is 0. The predicted molar refractivity (Wildman–Crippen MR) is 104 cm³/mol. The summed E-state index contributed by atoms with van der Waals surface area (Å²) in [5, 5.41) is 10.2. The number of aliphatic hydroxyl groups excluding tert-OH is 1. The van der Waals surface area contributed by atoms with Gasteiger partial charge >= 0.3 is 5.97 Å². The Bertz CT molecular complexity index is 479. The fraction of sp³-hybridized carbons (Fsp3) is 0.857. The van der Waals surface area contributed by atoms with Crippen molar-refractivity contribution in [1.82, 2.24) is 0 Å². The Morgan fingerprint density at radius 2 is 1.78 bits per heavy atom. The number of unbranched alkanes of at least 4 members (excludes halogenated alkanes) is 5. The second-order valence-electron chi connectivity index (χ2n) is 7.79. The molecule has 6 heteroatoms. The van der Waals surface area contributed by atoms with Crippen LogP contribution < -0.4 is 5.73 Å². The average Bonchev–Trinajstić information content (AvgIpc) is 2.93. The van der Waals surface area contributed by atoms with Crippen molar-refractivity contribution >= 4 is 17.7 Å². The summed E-state index contributed by atoms with van der Waals surface area (Å²) in [4.78, 5) is 36.2. The van der Waals surface area contributed by atoms with Gasteiger partial charge in [-0.25, -0.2) is 0 Å². The summed E-state index contributed by atoms with van der Waals surface area (Å²) in [7, 11) is 0. The lowest BCUT2D eigenvalue weighted by atomic mass is 9.88. The quantitative estimate of drug-likeness (QED) is 0.354. The second-order valence-corrected chi connectivity index (χ2v) is 7.79. The third-order valence-corrected chi connectivity index (χ3v) is 5.48. The van der Waals surface area contributed by atoms with Gasteiger partial charge < -0.3 is 15.6 Å². The van der Waals surface area contributed by atoms with E-state index in [2.05, 4.69) is 13.8 Å². The summed E-state index contributed by atoms with van der Waals surface area (Å²) in [5.41, 5.74) is 5.47. The van der Waals surface area contributed by atoms with E-state index in [-0.39, 0.29) is 24.6 Å². The first kappa shape index (κ1) is 23.6. The molecule has 1 saturated carbocycles. The molecule has 27 heavy (non-hydrogen) atoms. The third-order valence-electron chi connectivity index (χ3n) is 5.48. The number of Topliss-reactive ketones (excluding diaryl/α,β-unsaturated/α-hetero) is 1. The number of ether oxygens (including phenoxy) is 1. The molecule has 1 fully saturated rings. The Kier molecular flexibility index (Phi) is 11.3. The number of hydrogen-bond donors (Lipinski definition) is 2. The normalized spacial score (nSPS) is 23.4. The van der Waals surface area contributed by atoms with E-state index >= 15 is 0 Å². The van der Waals surface area contributed by atoms with Crippen LogP contribution in [0.4, 0.5) is 0 Å². The second kappa shape index (κ2) is 12.9. The number of nitrogens with two attached hydrogens (primary N) is 1. The minimum atomic E-state index is -0.899. The number of aliphatic hydroxyl groups is 1. The van der Waals surface area contributed by atoms with Crippen molar-refractivity contribution in [3.05, 3.63) is 0 Å². The van der Waals surface area contributed by atoms with Crippen molar-refractivity contribution in [2.24, 2.45) is 17.6 Å². The van der Waals surface area contributed by atoms with E-state index in [0.29, 0.717) is 19.3 Å². The lowest BCUT2D eigenvalue weighted by Gasteiger charge is -2.23. The van der Waals surface area contributed by atoms with Crippen LogP contribution in [0.15, 0.2) is 0 Å². The minimum absolute atomic E-state index is 0.0275. The van der Waals surface area contributed by atoms with Crippen LogP contribution in [0.5, 0.6) is 0 Å². The SMILES string of the molecule is CCCCCCC(=O)OC1C(=O)CC(C(N)=O)C1CCC(O)CCCCC. The van der Waals surface area contributed by atoms with Gasteiger partial charge in [-0.3, -0.25) is 14.4 Å². The van der Waals surface area contributed by atoms with E-state index in [1.807, 2.05) is 0 Å². The average molecular weight is 384 g/mol. The molecule has 0 spiro atoms. The maximum absolute atomic E-state index is 12.3. The Morgan fingerprint density at radius 3 is 2.41 bits per heavy atom. The maximum atomic E-state index is 12.3. The van der Waals surface area contributed by atoms with Crippen LogP contribution in [0.25, 0.3) is 0 Å². The monoisotopic (exact) mass is 383 g/mol. The molecule has 0 aromatic heterocycles. The van der Waals surface area contributed by atoms with Gasteiger partial charge in [-0.2, -0.15) is 0 Å². The van der Waals surface area contributed by atoms with Crippen molar-refractivity contribution in [2.75, 3.05) is 0 Å². The molecular weight excluding hydrogens is 346 g/mol. The Labute approximate surface area is 163 Å². The van der Waals surface area contributed by atoms with Gasteiger partial charge in [0, 0.05) is 18.8 Å². The topological polar surface area (TPSA) is 107 Å². The molecule has 0 radical (unpaired) electrons. The van der Waals surface area contributed by atoms with Gasteiger partial charge in [0.15, 0.2) is 11.9 Å². The van der Waals surface area contributed by atoms with Gasteiger partial charge in [0.1, 0.15) is 0 Å². The fourth-order valence-electron chi connectivity index (χ4n) is 3.81. The molecule has 3 N–H and O–H groups in total. The van der Waals surface area contributed by atoms with E-state index in [9.17, 15) is 19.5 Å². The van der Waals surface area contributed by atoms with Gasteiger partial charge in [0.2, 0.25) is 5.91 Å². The molecule has 4 unspecified atom stereocenters. The molecule has 4 atom stereocenters. The van der Waals surface area contributed by atoms with Crippen LogP contribution in [0, 0.1) is 11.8 Å². The standard InChI is InChI=1S/C21H37NO5/c1-3-5-7-9-11-19(25)27-20-16(17(21(22)26)14-18(20)24)13-12-15(23)10-8-6-4-2/h15-17,20,23H,3-14H2,1-2H3,(H2,22,26). The van der Waals surface area contributed by atoms with Crippen molar-refractivity contribution in [2.45, 2.75) is 103 Å². The van der Waals surface area contributed by atoms with E-state index in [4.69, 9.17) is 10.5 Å². The highest BCUT2D eigenvalue weighted by Crippen LogP contribution is 2.36. The van der Waals surface area contributed by atoms with Gasteiger partial charge in [-0.15, -0.1) is 0 Å². The zero-order valence-electron chi connectivity index (χ0n) is 17.0. The number of rotatable bonds is 14. The Morgan fingerprint density at radius 1 is 1.11 bits per heavy atom. The number of primary amides is 1. The van der Waals surface area contributed by atoms with Crippen LogP contribution in [0.3, 0.4) is 0 Å². The summed E-state index contributed by atoms with van der Waals surface area (Å²) in [6.45, 7) is 4.20. The number of carbonyl (C=O) groups excluding carboxylic acids is 3.